The quantitative estimate of drug-likeness (QED) is 0.158. The lowest BCUT2D eigenvalue weighted by molar-refractivity contribution is 0.0952. The van der Waals surface area contributed by atoms with E-state index in [0.717, 1.165) is 28.0 Å². The van der Waals surface area contributed by atoms with E-state index in [4.69, 9.17) is 16.3 Å². The van der Waals surface area contributed by atoms with Crippen LogP contribution >= 0.6 is 11.6 Å². The zero-order valence-corrected chi connectivity index (χ0v) is 28.0. The van der Waals surface area contributed by atoms with Gasteiger partial charge in [-0.3, -0.25) is 14.2 Å². The number of hydrogen-bond donors (Lipinski definition) is 2. The summed E-state index contributed by atoms with van der Waals surface area (Å²) in [5.41, 5.74) is 4.15. The number of methoxy groups -OCH3 is 1. The molecule has 1 aliphatic heterocycles. The molecule has 1 amide bonds. The highest BCUT2D eigenvalue weighted by Gasteiger charge is 2.32. The number of para-hydroxylation sites is 3. The molecular formula is C36H32ClN7O4S. The third-order valence-corrected chi connectivity index (χ3v) is 10.9. The topological polar surface area (TPSA) is 133 Å². The number of carbonyl (C=O) groups excluding carboxylic acids is 1. The largest absolute Gasteiger partial charge is 0.495 e. The molecule has 0 spiro atoms. The third-order valence-electron chi connectivity index (χ3n) is 8.62. The smallest absolute Gasteiger partial charge is 0.266 e. The molecule has 0 bridgehead atoms. The second-order valence-electron chi connectivity index (χ2n) is 11.6. The minimum atomic E-state index is -4.26. The van der Waals surface area contributed by atoms with Crippen molar-refractivity contribution in [3.8, 4) is 5.75 Å². The van der Waals surface area contributed by atoms with E-state index in [1.807, 2.05) is 42.5 Å². The first kappa shape index (κ1) is 32.1. The normalized spacial score (nSPS) is 14.1. The first-order chi connectivity index (χ1) is 23.8. The Labute approximate surface area is 288 Å². The van der Waals surface area contributed by atoms with Crippen LogP contribution in [0, 0.1) is 0 Å². The number of halogens is 1. The number of sulfonamides is 1. The van der Waals surface area contributed by atoms with Crippen LogP contribution in [0.2, 0.25) is 5.02 Å². The fourth-order valence-electron chi connectivity index (χ4n) is 6.22. The summed E-state index contributed by atoms with van der Waals surface area (Å²) in [5, 5.41) is 10.8. The lowest BCUT2D eigenvalue weighted by atomic mass is 9.98. The molecule has 0 saturated carbocycles. The summed E-state index contributed by atoms with van der Waals surface area (Å²) in [7, 11) is -2.78. The molecule has 0 radical (unpaired) electrons. The molecule has 3 heterocycles. The fourth-order valence-corrected chi connectivity index (χ4v) is 8.18. The maximum Gasteiger partial charge on any atom is 0.266 e. The van der Waals surface area contributed by atoms with Crippen LogP contribution in [0.5, 0.6) is 5.75 Å². The van der Waals surface area contributed by atoms with Crippen LogP contribution in [0.3, 0.4) is 0 Å². The number of nitrogens with one attached hydrogen (secondary N) is 2. The van der Waals surface area contributed by atoms with Crippen molar-refractivity contribution in [1.29, 1.82) is 0 Å². The van der Waals surface area contributed by atoms with Crippen molar-refractivity contribution in [2.24, 2.45) is 0 Å². The zero-order chi connectivity index (χ0) is 34.0. The average Bonchev–Trinajstić information content (AvgIpc) is 3.76. The maximum absolute atomic E-state index is 14.4. The molecule has 2 N–H and O–H groups in total. The highest BCUT2D eigenvalue weighted by Crippen LogP contribution is 2.43. The first-order valence-electron chi connectivity index (χ1n) is 15.6. The molecule has 0 fully saturated rings. The number of rotatable bonds is 11. The summed E-state index contributed by atoms with van der Waals surface area (Å²) in [4.78, 5) is 24.3. The number of ether oxygens (including phenoxy) is 1. The monoisotopic (exact) mass is 693 g/mol. The highest BCUT2D eigenvalue weighted by molar-refractivity contribution is 7.93. The van der Waals surface area contributed by atoms with Gasteiger partial charge in [0.25, 0.3) is 15.9 Å². The van der Waals surface area contributed by atoms with Gasteiger partial charge in [0.1, 0.15) is 22.8 Å². The summed E-state index contributed by atoms with van der Waals surface area (Å²) in [6, 6.07) is 28.6. The Kier molecular flexibility index (Phi) is 8.89. The van der Waals surface area contributed by atoms with Gasteiger partial charge >= 0.3 is 0 Å². The second-order valence-corrected chi connectivity index (χ2v) is 13.8. The van der Waals surface area contributed by atoms with Gasteiger partial charge in [0.2, 0.25) is 0 Å². The van der Waals surface area contributed by atoms with E-state index in [9.17, 15) is 13.2 Å². The molecule has 7 rings (SSSR count). The van der Waals surface area contributed by atoms with Crippen molar-refractivity contribution in [2.75, 3.05) is 29.4 Å². The lowest BCUT2D eigenvalue weighted by Gasteiger charge is -2.27. The maximum atomic E-state index is 14.4. The summed E-state index contributed by atoms with van der Waals surface area (Å²) >= 11 is 6.54. The van der Waals surface area contributed by atoms with Crippen LogP contribution in [0.4, 0.5) is 17.2 Å². The number of aromatic nitrogens is 4. The number of hydrogen-bond acceptors (Lipinski definition) is 8. The number of carbonyl (C=O) groups is 1. The molecule has 1 aliphatic rings. The van der Waals surface area contributed by atoms with Gasteiger partial charge in [-0.1, -0.05) is 72.3 Å². The minimum Gasteiger partial charge on any atom is -0.495 e. The molecule has 248 valence electrons. The van der Waals surface area contributed by atoms with Gasteiger partial charge in [-0.05, 0) is 53.9 Å². The van der Waals surface area contributed by atoms with Crippen LogP contribution in [-0.2, 0) is 16.6 Å². The van der Waals surface area contributed by atoms with E-state index < -0.39 is 15.9 Å². The van der Waals surface area contributed by atoms with Crippen molar-refractivity contribution in [3.05, 3.63) is 131 Å². The molecule has 6 aromatic rings. The van der Waals surface area contributed by atoms with Gasteiger partial charge < -0.3 is 15.0 Å². The number of nitrogens with zero attached hydrogens (tertiary/aromatic N) is 5. The average molecular weight is 694 g/mol. The molecule has 1 atom stereocenters. The van der Waals surface area contributed by atoms with E-state index in [-0.39, 0.29) is 27.9 Å². The number of fused-ring (bicyclic) bond motifs is 2. The second kappa shape index (κ2) is 13.6. The van der Waals surface area contributed by atoms with Crippen LogP contribution in [0.15, 0.2) is 114 Å². The standard InChI is InChI=1S/C36H32ClN7O4S/c1-48-32-14-8-7-13-31(32)44(21-24-9-3-2-4-10-24)49(46,47)33-19-25(15-16-29(33)37)36(45)38-18-17-26-22-43(30-12-6-5-11-27(26)30)35-28-20-41-42-34(28)39-23-40-35/h2-16,19-20,23,26H,17-18,21-22H2,1H3,(H,38,45)(H,39,40,41,42). The van der Waals surface area contributed by atoms with Crippen molar-refractivity contribution in [3.63, 3.8) is 0 Å². The van der Waals surface area contributed by atoms with Gasteiger partial charge in [-0.2, -0.15) is 5.10 Å². The Morgan fingerprint density at radius 2 is 1.80 bits per heavy atom. The van der Waals surface area contributed by atoms with Crippen LogP contribution < -0.4 is 19.3 Å². The van der Waals surface area contributed by atoms with Gasteiger partial charge in [0, 0.05) is 30.3 Å². The van der Waals surface area contributed by atoms with E-state index >= 15 is 0 Å². The molecule has 13 heteroatoms. The molecular weight excluding hydrogens is 662 g/mol. The van der Waals surface area contributed by atoms with Gasteiger partial charge in [0.05, 0.1) is 35.9 Å². The van der Waals surface area contributed by atoms with E-state index in [1.54, 1.807) is 30.5 Å². The SMILES string of the molecule is COc1ccccc1N(Cc1ccccc1)S(=O)(=O)c1cc(C(=O)NCCC2CN(c3ncnc4[nH]ncc34)c3ccccc32)ccc1Cl. The molecule has 11 nitrogen and oxygen atoms in total. The third kappa shape index (κ3) is 6.28. The van der Waals surface area contributed by atoms with Crippen molar-refractivity contribution >= 4 is 55.8 Å². The summed E-state index contributed by atoms with van der Waals surface area (Å²) in [6.07, 6.45) is 3.89. The van der Waals surface area contributed by atoms with Gasteiger partial charge in [-0.25, -0.2) is 18.4 Å². The van der Waals surface area contributed by atoms with Crippen LogP contribution in [0.1, 0.15) is 33.8 Å². The van der Waals surface area contributed by atoms with Crippen LogP contribution in [0.25, 0.3) is 11.0 Å². The van der Waals surface area contributed by atoms with E-state index in [0.29, 0.717) is 36.6 Å². The fraction of sp³-hybridized carbons (Fsp3) is 0.167. The lowest BCUT2D eigenvalue weighted by Crippen LogP contribution is -2.32. The number of aromatic amines is 1. The van der Waals surface area contributed by atoms with Crippen molar-refractivity contribution in [1.82, 2.24) is 25.5 Å². The number of benzene rings is 4. The van der Waals surface area contributed by atoms with Crippen LogP contribution in [-0.4, -0.2) is 54.7 Å². The highest BCUT2D eigenvalue weighted by atomic mass is 35.5. The minimum absolute atomic E-state index is 0.00335. The molecule has 1 unspecified atom stereocenters. The zero-order valence-electron chi connectivity index (χ0n) is 26.5. The van der Waals surface area contributed by atoms with E-state index in [2.05, 4.69) is 42.5 Å². The Morgan fingerprint density at radius 1 is 1.02 bits per heavy atom. The summed E-state index contributed by atoms with van der Waals surface area (Å²) < 4.78 is 35.5. The predicted molar refractivity (Wildman–Crippen MR) is 189 cm³/mol. The predicted octanol–water partition coefficient (Wildman–Crippen LogP) is 6.47. The number of H-pyrrole nitrogens is 1. The van der Waals surface area contributed by atoms with Gasteiger partial charge in [0.15, 0.2) is 5.65 Å². The summed E-state index contributed by atoms with van der Waals surface area (Å²) in [5.74, 6) is 0.857. The van der Waals surface area contributed by atoms with E-state index in [1.165, 1.54) is 35.9 Å². The molecule has 4 aromatic carbocycles. The Hall–Kier alpha value is -5.46. The van der Waals surface area contributed by atoms with Crippen molar-refractivity contribution in [2.45, 2.75) is 23.8 Å². The molecule has 49 heavy (non-hydrogen) atoms. The molecule has 0 aliphatic carbocycles. The first-order valence-corrected chi connectivity index (χ1v) is 17.4. The van der Waals surface area contributed by atoms with Gasteiger partial charge in [-0.15, -0.1) is 0 Å². The molecule has 0 saturated heterocycles. The Balaban J connectivity index is 1.10. The molecule has 2 aromatic heterocycles. The number of amides is 1. The van der Waals surface area contributed by atoms with Crippen molar-refractivity contribution < 1.29 is 17.9 Å². The Bertz CT molecular complexity index is 2250. The summed E-state index contributed by atoms with van der Waals surface area (Å²) in [6.45, 7) is 1.05. The number of anilines is 3. The Morgan fingerprint density at radius 3 is 2.63 bits per heavy atom.